The minimum Gasteiger partial charge on any atom is -0.507 e. The maximum absolute atomic E-state index is 12.1. The minimum atomic E-state index is -0.446. The molecule has 0 saturated carbocycles. The second-order valence-electron chi connectivity index (χ2n) is 5.45. The van der Waals surface area contributed by atoms with Gasteiger partial charge in [0.05, 0.1) is 6.21 Å². The molecule has 1 atom stereocenters. The van der Waals surface area contributed by atoms with Crippen LogP contribution in [0.15, 0.2) is 60.2 Å². The summed E-state index contributed by atoms with van der Waals surface area (Å²) in [5.41, 5.74) is 4.64. The fourth-order valence-electron chi connectivity index (χ4n) is 2.16. The van der Waals surface area contributed by atoms with Crippen molar-refractivity contribution < 1.29 is 9.90 Å². The van der Waals surface area contributed by atoms with Crippen molar-refractivity contribution in [1.29, 1.82) is 0 Å². The first-order valence-electron chi connectivity index (χ1n) is 7.78. The molecule has 3 N–H and O–H groups in total. The van der Waals surface area contributed by atoms with Crippen molar-refractivity contribution in [3.63, 3.8) is 0 Å². The molecule has 0 aliphatic rings. The lowest BCUT2D eigenvalue weighted by atomic mass is 10.1. The van der Waals surface area contributed by atoms with E-state index in [1.807, 2.05) is 36.4 Å². The Bertz CT molecular complexity index is 773. The SMILES string of the molecule is C=CCc1cccc(/C=N\NC(=O)[C@H](C)Nc2ccc(I)cc2)c1O. The van der Waals surface area contributed by atoms with Gasteiger partial charge in [-0.2, -0.15) is 5.10 Å². The van der Waals surface area contributed by atoms with Gasteiger partial charge in [0.1, 0.15) is 11.8 Å². The van der Waals surface area contributed by atoms with Gasteiger partial charge in [0.25, 0.3) is 5.91 Å². The minimum absolute atomic E-state index is 0.144. The van der Waals surface area contributed by atoms with Crippen LogP contribution >= 0.6 is 22.6 Å². The summed E-state index contributed by atoms with van der Waals surface area (Å²) in [6.07, 6.45) is 3.71. The lowest BCUT2D eigenvalue weighted by Crippen LogP contribution is -2.34. The standard InChI is InChI=1S/C19H20IN3O2/c1-3-5-14-6-4-7-15(18(14)24)12-21-23-19(25)13(2)22-17-10-8-16(20)9-11-17/h3-4,6-13,22,24H,1,5H2,2H3,(H,23,25)/b21-12-/t13-/m0/s1. The third-order valence-corrected chi connectivity index (χ3v) is 4.23. The maximum atomic E-state index is 12.1. The zero-order valence-corrected chi connectivity index (χ0v) is 16.0. The van der Waals surface area contributed by atoms with Crippen LogP contribution in [-0.2, 0) is 11.2 Å². The number of benzene rings is 2. The molecule has 130 valence electrons. The highest BCUT2D eigenvalue weighted by molar-refractivity contribution is 14.1. The number of hydrogen-bond donors (Lipinski definition) is 3. The molecule has 0 bridgehead atoms. The Balaban J connectivity index is 1.94. The van der Waals surface area contributed by atoms with Crippen LogP contribution in [0, 0.1) is 3.57 Å². The van der Waals surface area contributed by atoms with Crippen molar-refractivity contribution in [2.45, 2.75) is 19.4 Å². The number of amides is 1. The summed E-state index contributed by atoms with van der Waals surface area (Å²) in [5.74, 6) is -0.123. The second-order valence-corrected chi connectivity index (χ2v) is 6.70. The molecule has 0 heterocycles. The van der Waals surface area contributed by atoms with Gasteiger partial charge in [-0.05, 0) is 71.8 Å². The highest BCUT2D eigenvalue weighted by Crippen LogP contribution is 2.21. The summed E-state index contributed by atoms with van der Waals surface area (Å²) in [6, 6.07) is 12.7. The van der Waals surface area contributed by atoms with Gasteiger partial charge >= 0.3 is 0 Å². The number of anilines is 1. The first-order valence-corrected chi connectivity index (χ1v) is 8.86. The number of aromatic hydroxyl groups is 1. The van der Waals surface area contributed by atoms with Crippen LogP contribution < -0.4 is 10.7 Å². The molecule has 0 saturated heterocycles. The maximum Gasteiger partial charge on any atom is 0.262 e. The van der Waals surface area contributed by atoms with Crippen LogP contribution in [-0.4, -0.2) is 23.3 Å². The number of carbonyl (C=O) groups is 1. The Morgan fingerprint density at radius 1 is 1.32 bits per heavy atom. The summed E-state index contributed by atoms with van der Waals surface area (Å²) in [5, 5.41) is 17.2. The number of phenols is 1. The van der Waals surface area contributed by atoms with Crippen LogP contribution in [0.5, 0.6) is 5.75 Å². The van der Waals surface area contributed by atoms with E-state index in [1.165, 1.54) is 6.21 Å². The zero-order chi connectivity index (χ0) is 18.2. The van der Waals surface area contributed by atoms with Crippen molar-refractivity contribution in [2.75, 3.05) is 5.32 Å². The highest BCUT2D eigenvalue weighted by Gasteiger charge is 2.11. The van der Waals surface area contributed by atoms with Gasteiger partial charge in [-0.1, -0.05) is 18.2 Å². The molecule has 0 aromatic heterocycles. The molecule has 2 aromatic rings. The van der Waals surface area contributed by atoms with Crippen molar-refractivity contribution in [3.05, 3.63) is 69.8 Å². The van der Waals surface area contributed by atoms with Crippen molar-refractivity contribution >= 4 is 40.4 Å². The molecule has 0 fully saturated rings. The Morgan fingerprint density at radius 3 is 2.72 bits per heavy atom. The Labute approximate surface area is 161 Å². The molecular weight excluding hydrogens is 429 g/mol. The monoisotopic (exact) mass is 449 g/mol. The molecule has 0 spiro atoms. The second kappa shape index (κ2) is 9.22. The van der Waals surface area contributed by atoms with Gasteiger partial charge in [0, 0.05) is 14.8 Å². The number of allylic oxidation sites excluding steroid dienone is 1. The summed E-state index contributed by atoms with van der Waals surface area (Å²) < 4.78 is 1.13. The lowest BCUT2D eigenvalue weighted by Gasteiger charge is -2.13. The normalized spacial score (nSPS) is 11.9. The highest BCUT2D eigenvalue weighted by atomic mass is 127. The molecule has 25 heavy (non-hydrogen) atoms. The Kier molecular flexibility index (Phi) is 7.00. The fourth-order valence-corrected chi connectivity index (χ4v) is 2.52. The number of carbonyl (C=O) groups excluding carboxylic acids is 1. The van der Waals surface area contributed by atoms with Gasteiger partial charge in [0.2, 0.25) is 0 Å². The van der Waals surface area contributed by atoms with E-state index >= 15 is 0 Å². The first-order chi connectivity index (χ1) is 12.0. The zero-order valence-electron chi connectivity index (χ0n) is 13.9. The lowest BCUT2D eigenvalue weighted by molar-refractivity contribution is -0.121. The third-order valence-electron chi connectivity index (χ3n) is 3.51. The Hall–Kier alpha value is -2.35. The van der Waals surface area contributed by atoms with E-state index in [0.717, 1.165) is 14.8 Å². The third kappa shape index (κ3) is 5.60. The van der Waals surface area contributed by atoms with Crippen LogP contribution in [0.2, 0.25) is 0 Å². The number of rotatable bonds is 7. The van der Waals surface area contributed by atoms with Crippen LogP contribution in [0.3, 0.4) is 0 Å². The van der Waals surface area contributed by atoms with Gasteiger partial charge in [-0.15, -0.1) is 6.58 Å². The van der Waals surface area contributed by atoms with E-state index < -0.39 is 6.04 Å². The molecule has 6 heteroatoms. The Morgan fingerprint density at radius 2 is 2.04 bits per heavy atom. The molecule has 0 aliphatic heterocycles. The van der Waals surface area contributed by atoms with Crippen LogP contribution in [0.1, 0.15) is 18.1 Å². The van der Waals surface area contributed by atoms with Crippen molar-refractivity contribution in [3.8, 4) is 5.75 Å². The van der Waals surface area contributed by atoms with Crippen LogP contribution in [0.4, 0.5) is 5.69 Å². The molecule has 0 aliphatic carbocycles. The predicted octanol–water partition coefficient (Wildman–Crippen LogP) is 3.68. The summed E-state index contributed by atoms with van der Waals surface area (Å²) in [6.45, 7) is 5.42. The first kappa shape index (κ1) is 19.0. The van der Waals surface area contributed by atoms with Crippen molar-refractivity contribution in [2.24, 2.45) is 5.10 Å². The molecule has 0 radical (unpaired) electrons. The molecule has 2 rings (SSSR count). The summed E-state index contributed by atoms with van der Waals surface area (Å²) in [7, 11) is 0. The number of hydrogen-bond acceptors (Lipinski definition) is 4. The van der Waals surface area contributed by atoms with E-state index in [1.54, 1.807) is 19.1 Å². The van der Waals surface area contributed by atoms with E-state index in [-0.39, 0.29) is 11.7 Å². The van der Waals surface area contributed by atoms with E-state index in [9.17, 15) is 9.90 Å². The number of nitrogens with zero attached hydrogens (tertiary/aromatic N) is 1. The number of nitrogens with one attached hydrogen (secondary N) is 2. The average Bonchev–Trinajstić information content (AvgIpc) is 2.60. The molecule has 0 unspecified atom stereocenters. The fraction of sp³-hybridized carbons (Fsp3) is 0.158. The summed E-state index contributed by atoms with van der Waals surface area (Å²) in [4.78, 5) is 12.1. The van der Waals surface area contributed by atoms with Gasteiger partial charge in [-0.25, -0.2) is 5.43 Å². The van der Waals surface area contributed by atoms with E-state index in [0.29, 0.717) is 12.0 Å². The largest absolute Gasteiger partial charge is 0.507 e. The predicted molar refractivity (Wildman–Crippen MR) is 110 cm³/mol. The van der Waals surface area contributed by atoms with E-state index in [2.05, 4.69) is 45.0 Å². The smallest absolute Gasteiger partial charge is 0.262 e. The average molecular weight is 449 g/mol. The number of para-hydroxylation sites is 1. The number of phenolic OH excluding ortho intramolecular Hbond substituents is 1. The number of hydrazone groups is 1. The van der Waals surface area contributed by atoms with Crippen molar-refractivity contribution in [1.82, 2.24) is 5.43 Å². The molecule has 1 amide bonds. The quantitative estimate of drug-likeness (QED) is 0.261. The van der Waals surface area contributed by atoms with Gasteiger partial charge in [0.15, 0.2) is 0 Å². The van der Waals surface area contributed by atoms with E-state index in [4.69, 9.17) is 0 Å². The topological polar surface area (TPSA) is 73.7 Å². The number of halogens is 1. The molecule has 5 nitrogen and oxygen atoms in total. The molecular formula is C19H20IN3O2. The summed E-state index contributed by atoms with van der Waals surface area (Å²) >= 11 is 2.23. The van der Waals surface area contributed by atoms with Crippen LogP contribution in [0.25, 0.3) is 0 Å². The molecule has 2 aromatic carbocycles. The van der Waals surface area contributed by atoms with Gasteiger partial charge in [-0.3, -0.25) is 4.79 Å². The van der Waals surface area contributed by atoms with Gasteiger partial charge < -0.3 is 10.4 Å².